The monoisotopic (exact) mass is 388 g/mol. The number of anilines is 3. The van der Waals surface area contributed by atoms with Crippen LogP contribution in [0.4, 0.5) is 17.6 Å². The summed E-state index contributed by atoms with van der Waals surface area (Å²) in [6.07, 6.45) is 3.99. The van der Waals surface area contributed by atoms with Gasteiger partial charge < -0.3 is 15.1 Å². The highest BCUT2D eigenvalue weighted by Gasteiger charge is 2.20. The van der Waals surface area contributed by atoms with E-state index in [1.54, 1.807) is 0 Å². The van der Waals surface area contributed by atoms with Gasteiger partial charge in [-0.3, -0.25) is 0 Å². The lowest BCUT2D eigenvalue weighted by atomic mass is 10.1. The number of pyridine rings is 1. The van der Waals surface area contributed by atoms with Gasteiger partial charge in [0.2, 0.25) is 5.95 Å². The molecule has 6 nitrogen and oxygen atoms in total. The van der Waals surface area contributed by atoms with Crippen molar-refractivity contribution in [3.63, 3.8) is 0 Å². The second-order valence-corrected chi connectivity index (χ2v) is 7.37. The Kier molecular flexibility index (Phi) is 6.19. The van der Waals surface area contributed by atoms with Crippen molar-refractivity contribution in [3.05, 3.63) is 72.1 Å². The van der Waals surface area contributed by atoms with Gasteiger partial charge in [-0.25, -0.2) is 9.97 Å². The molecule has 0 aliphatic carbocycles. The van der Waals surface area contributed by atoms with Crippen LogP contribution in [0.25, 0.3) is 0 Å². The first-order valence-corrected chi connectivity index (χ1v) is 10.3. The maximum Gasteiger partial charge on any atom is 0.227 e. The van der Waals surface area contributed by atoms with Crippen molar-refractivity contribution in [1.29, 1.82) is 0 Å². The predicted molar refractivity (Wildman–Crippen MR) is 119 cm³/mol. The Balaban J connectivity index is 1.31. The normalized spacial score (nSPS) is 14.1. The van der Waals surface area contributed by atoms with Gasteiger partial charge in [-0.1, -0.05) is 36.4 Å². The molecule has 1 fully saturated rings. The second kappa shape index (κ2) is 9.37. The highest BCUT2D eigenvalue weighted by atomic mass is 15.3. The molecule has 1 N–H and O–H groups in total. The number of hydrogen-bond acceptors (Lipinski definition) is 6. The molecule has 0 amide bonds. The van der Waals surface area contributed by atoms with Crippen LogP contribution in [0.5, 0.6) is 0 Å². The van der Waals surface area contributed by atoms with Gasteiger partial charge in [-0.05, 0) is 37.5 Å². The van der Waals surface area contributed by atoms with E-state index in [9.17, 15) is 0 Å². The van der Waals surface area contributed by atoms with Crippen LogP contribution < -0.4 is 15.1 Å². The van der Waals surface area contributed by atoms with Gasteiger partial charge in [0.25, 0.3) is 0 Å². The molecule has 2 aromatic heterocycles. The lowest BCUT2D eigenvalue weighted by Gasteiger charge is -2.35. The van der Waals surface area contributed by atoms with Crippen molar-refractivity contribution in [2.45, 2.75) is 19.8 Å². The Labute approximate surface area is 172 Å². The van der Waals surface area contributed by atoms with Crippen molar-refractivity contribution in [2.75, 3.05) is 47.8 Å². The molecule has 0 atom stereocenters. The van der Waals surface area contributed by atoms with E-state index < -0.39 is 0 Å². The van der Waals surface area contributed by atoms with Gasteiger partial charge in [0.15, 0.2) is 0 Å². The van der Waals surface area contributed by atoms with Gasteiger partial charge in [-0.2, -0.15) is 4.98 Å². The summed E-state index contributed by atoms with van der Waals surface area (Å²) in [4.78, 5) is 18.5. The fraction of sp³-hybridized carbons (Fsp3) is 0.348. The van der Waals surface area contributed by atoms with Crippen LogP contribution in [0.1, 0.15) is 17.7 Å². The molecule has 6 heteroatoms. The number of nitrogens with zero attached hydrogens (tertiary/aromatic N) is 5. The summed E-state index contributed by atoms with van der Waals surface area (Å²) in [5, 5.41) is 3.47. The summed E-state index contributed by atoms with van der Waals surface area (Å²) < 4.78 is 0. The molecule has 3 heterocycles. The maximum absolute atomic E-state index is 4.77. The molecule has 150 valence electrons. The molecule has 0 unspecified atom stereocenters. The SMILES string of the molecule is Cc1cc(NCCCc2ccccc2)nc(N2CCN(c3ccccn3)CC2)n1. The highest BCUT2D eigenvalue weighted by Crippen LogP contribution is 2.18. The number of hydrogen-bond donors (Lipinski definition) is 1. The van der Waals surface area contributed by atoms with Crippen LogP contribution in [0.15, 0.2) is 60.8 Å². The number of nitrogens with one attached hydrogen (secondary N) is 1. The number of piperazine rings is 1. The van der Waals surface area contributed by atoms with E-state index in [4.69, 9.17) is 4.98 Å². The number of benzene rings is 1. The van der Waals surface area contributed by atoms with Gasteiger partial charge in [-0.15, -0.1) is 0 Å². The van der Waals surface area contributed by atoms with Gasteiger partial charge in [0, 0.05) is 50.7 Å². The first-order chi connectivity index (χ1) is 14.3. The van der Waals surface area contributed by atoms with Crippen molar-refractivity contribution in [2.24, 2.45) is 0 Å². The summed E-state index contributed by atoms with van der Waals surface area (Å²) >= 11 is 0. The Morgan fingerprint density at radius 3 is 2.41 bits per heavy atom. The molecular formula is C23H28N6. The third-order valence-electron chi connectivity index (χ3n) is 5.17. The lowest BCUT2D eigenvalue weighted by Crippen LogP contribution is -2.47. The fourth-order valence-corrected chi connectivity index (χ4v) is 3.61. The molecule has 0 bridgehead atoms. The minimum Gasteiger partial charge on any atom is -0.370 e. The summed E-state index contributed by atoms with van der Waals surface area (Å²) in [6.45, 7) is 6.58. The molecular weight excluding hydrogens is 360 g/mol. The lowest BCUT2D eigenvalue weighted by molar-refractivity contribution is 0.634. The Hall–Kier alpha value is -3.15. The van der Waals surface area contributed by atoms with Crippen LogP contribution in [0.2, 0.25) is 0 Å². The van der Waals surface area contributed by atoms with Crippen molar-refractivity contribution >= 4 is 17.6 Å². The molecule has 1 aliphatic rings. The Morgan fingerprint density at radius 2 is 1.66 bits per heavy atom. The third-order valence-corrected chi connectivity index (χ3v) is 5.17. The van der Waals surface area contributed by atoms with Crippen LogP contribution in [0.3, 0.4) is 0 Å². The maximum atomic E-state index is 4.77. The third kappa shape index (κ3) is 5.22. The fourth-order valence-electron chi connectivity index (χ4n) is 3.61. The zero-order valence-corrected chi connectivity index (χ0v) is 17.0. The average Bonchev–Trinajstić information content (AvgIpc) is 2.78. The van der Waals surface area contributed by atoms with Crippen LogP contribution in [-0.2, 0) is 6.42 Å². The van der Waals surface area contributed by atoms with Crippen LogP contribution >= 0.6 is 0 Å². The van der Waals surface area contributed by atoms with E-state index in [1.807, 2.05) is 31.3 Å². The summed E-state index contributed by atoms with van der Waals surface area (Å²) in [7, 11) is 0. The van der Waals surface area contributed by atoms with E-state index >= 15 is 0 Å². The highest BCUT2D eigenvalue weighted by molar-refractivity contribution is 5.46. The molecule has 4 rings (SSSR count). The van der Waals surface area contributed by atoms with Gasteiger partial charge in [0.05, 0.1) is 0 Å². The first kappa shape index (κ1) is 19.2. The topological polar surface area (TPSA) is 57.2 Å². The largest absolute Gasteiger partial charge is 0.370 e. The predicted octanol–water partition coefficient (Wildman–Crippen LogP) is 3.55. The molecule has 0 radical (unpaired) electrons. The van der Waals surface area contributed by atoms with E-state index in [-0.39, 0.29) is 0 Å². The van der Waals surface area contributed by atoms with Gasteiger partial charge in [0.1, 0.15) is 11.6 Å². The summed E-state index contributed by atoms with van der Waals surface area (Å²) in [5.74, 6) is 2.77. The van der Waals surface area contributed by atoms with Crippen molar-refractivity contribution in [3.8, 4) is 0 Å². The smallest absolute Gasteiger partial charge is 0.227 e. The van der Waals surface area contributed by atoms with Crippen LogP contribution in [-0.4, -0.2) is 47.7 Å². The molecule has 1 aliphatic heterocycles. The molecule has 3 aromatic rings. The minimum atomic E-state index is 0.816. The van der Waals surface area contributed by atoms with E-state index in [0.29, 0.717) is 0 Å². The molecule has 1 aromatic carbocycles. The quantitative estimate of drug-likeness (QED) is 0.625. The van der Waals surface area contributed by atoms with E-state index in [2.05, 4.69) is 61.5 Å². The standard InChI is InChI=1S/C23H28N6/c1-19-18-21(24-13-7-10-20-8-3-2-4-9-20)27-23(26-19)29-16-14-28(15-17-29)22-11-5-6-12-25-22/h2-6,8-9,11-12,18H,7,10,13-17H2,1H3,(H,24,26,27). The molecule has 29 heavy (non-hydrogen) atoms. The van der Waals surface area contributed by atoms with Crippen molar-refractivity contribution in [1.82, 2.24) is 15.0 Å². The minimum absolute atomic E-state index is 0.816. The van der Waals surface area contributed by atoms with E-state index in [1.165, 1.54) is 5.56 Å². The summed E-state index contributed by atoms with van der Waals surface area (Å²) in [6, 6.07) is 18.7. The molecule has 1 saturated heterocycles. The zero-order valence-electron chi connectivity index (χ0n) is 17.0. The average molecular weight is 389 g/mol. The summed E-state index contributed by atoms with van der Waals surface area (Å²) in [5.41, 5.74) is 2.37. The van der Waals surface area contributed by atoms with Crippen molar-refractivity contribution < 1.29 is 0 Å². The van der Waals surface area contributed by atoms with Gasteiger partial charge >= 0.3 is 0 Å². The molecule has 0 saturated carbocycles. The zero-order chi connectivity index (χ0) is 19.9. The first-order valence-electron chi connectivity index (χ1n) is 10.3. The Morgan fingerprint density at radius 1 is 0.897 bits per heavy atom. The van der Waals surface area contributed by atoms with Crippen LogP contribution in [0, 0.1) is 6.92 Å². The molecule has 0 spiro atoms. The number of rotatable bonds is 7. The number of aryl methyl sites for hydroxylation is 2. The van der Waals surface area contributed by atoms with E-state index in [0.717, 1.165) is 68.8 Å². The number of aromatic nitrogens is 3. The second-order valence-electron chi connectivity index (χ2n) is 7.37. The Bertz CT molecular complexity index is 892.